The Morgan fingerprint density at radius 1 is 1.21 bits per heavy atom. The molecule has 0 spiro atoms. The minimum atomic E-state index is -0.0884. The Kier molecular flexibility index (Phi) is 5.34. The van der Waals surface area contributed by atoms with E-state index in [0.717, 1.165) is 40.9 Å². The first-order valence-corrected chi connectivity index (χ1v) is 9.90. The summed E-state index contributed by atoms with van der Waals surface area (Å²) >= 11 is 3.48. The molecule has 3 heterocycles. The normalized spacial score (nSPS) is 16.8. The molecule has 1 unspecified atom stereocenters. The van der Waals surface area contributed by atoms with Gasteiger partial charge in [-0.25, -0.2) is 9.67 Å². The van der Waals surface area contributed by atoms with Crippen LogP contribution in [0.2, 0.25) is 0 Å². The number of aryl methyl sites for hydroxylation is 1. The molecule has 0 saturated carbocycles. The van der Waals surface area contributed by atoms with Crippen molar-refractivity contribution < 1.29 is 4.79 Å². The zero-order valence-electron chi connectivity index (χ0n) is 15.4. The number of benzene rings is 1. The van der Waals surface area contributed by atoms with Crippen LogP contribution in [0.25, 0.3) is 5.82 Å². The van der Waals surface area contributed by atoms with E-state index in [4.69, 9.17) is 0 Å². The van der Waals surface area contributed by atoms with E-state index in [1.165, 1.54) is 6.33 Å². The number of hydrogen-bond acceptors (Lipinski definition) is 6. The zero-order chi connectivity index (χ0) is 19.5. The predicted molar refractivity (Wildman–Crippen MR) is 109 cm³/mol. The minimum absolute atomic E-state index is 0.0404. The molecule has 1 saturated heterocycles. The largest absolute Gasteiger partial charge is 0.354 e. The van der Waals surface area contributed by atoms with E-state index < -0.39 is 0 Å². The predicted octanol–water partition coefficient (Wildman–Crippen LogP) is 2.98. The van der Waals surface area contributed by atoms with Crippen molar-refractivity contribution in [1.29, 1.82) is 0 Å². The quantitative estimate of drug-likeness (QED) is 0.669. The first-order valence-electron chi connectivity index (χ1n) is 9.11. The summed E-state index contributed by atoms with van der Waals surface area (Å²) in [5.41, 5.74) is 1.91. The molecule has 4 rings (SSSR count). The third kappa shape index (κ3) is 4.04. The highest BCUT2D eigenvalue weighted by Gasteiger charge is 2.27. The van der Waals surface area contributed by atoms with Crippen LogP contribution in [0.3, 0.4) is 0 Å². The number of amides is 1. The molecule has 1 aliphatic rings. The van der Waals surface area contributed by atoms with Gasteiger partial charge < -0.3 is 10.2 Å². The van der Waals surface area contributed by atoms with Crippen molar-refractivity contribution in [2.24, 2.45) is 5.92 Å². The number of halogens is 1. The molecule has 28 heavy (non-hydrogen) atoms. The van der Waals surface area contributed by atoms with E-state index >= 15 is 0 Å². The molecule has 2 aromatic heterocycles. The molecular formula is C19H20BrN7O. The maximum Gasteiger partial charge on any atom is 0.229 e. The molecule has 1 aromatic carbocycles. The average Bonchev–Trinajstić information content (AvgIpc) is 3.26. The molecule has 0 bridgehead atoms. The highest BCUT2D eigenvalue weighted by atomic mass is 79.9. The SMILES string of the molecule is Cc1cc(NC(=O)C2CCCN(c3ccc(-n4cncn4)nn3)C2)ccc1Br. The van der Waals surface area contributed by atoms with Gasteiger partial charge in [0.15, 0.2) is 11.6 Å². The summed E-state index contributed by atoms with van der Waals surface area (Å²) in [6.45, 7) is 3.49. The van der Waals surface area contributed by atoms with E-state index in [-0.39, 0.29) is 11.8 Å². The zero-order valence-corrected chi connectivity index (χ0v) is 17.0. The third-order valence-electron chi connectivity index (χ3n) is 4.83. The number of nitrogens with zero attached hydrogens (tertiary/aromatic N) is 6. The molecule has 0 aliphatic carbocycles. The van der Waals surface area contributed by atoms with E-state index in [1.54, 1.807) is 11.0 Å². The van der Waals surface area contributed by atoms with Crippen molar-refractivity contribution in [3.8, 4) is 5.82 Å². The minimum Gasteiger partial charge on any atom is -0.354 e. The van der Waals surface area contributed by atoms with Crippen LogP contribution in [0.15, 0.2) is 47.5 Å². The first-order chi connectivity index (χ1) is 13.6. The smallest absolute Gasteiger partial charge is 0.229 e. The topological polar surface area (TPSA) is 88.8 Å². The number of piperidine rings is 1. The molecule has 0 radical (unpaired) electrons. The number of carbonyl (C=O) groups excluding carboxylic acids is 1. The van der Waals surface area contributed by atoms with Crippen LogP contribution >= 0.6 is 15.9 Å². The maximum atomic E-state index is 12.7. The van der Waals surface area contributed by atoms with Gasteiger partial charge in [0.1, 0.15) is 12.7 Å². The van der Waals surface area contributed by atoms with Gasteiger partial charge in [0.05, 0.1) is 5.92 Å². The fourth-order valence-electron chi connectivity index (χ4n) is 3.30. The van der Waals surface area contributed by atoms with Gasteiger partial charge in [-0.05, 0) is 55.7 Å². The number of nitrogens with one attached hydrogen (secondary N) is 1. The molecule has 9 heteroatoms. The monoisotopic (exact) mass is 441 g/mol. The fourth-order valence-corrected chi connectivity index (χ4v) is 3.55. The lowest BCUT2D eigenvalue weighted by Crippen LogP contribution is -2.41. The number of rotatable bonds is 4. The molecule has 1 fully saturated rings. The summed E-state index contributed by atoms with van der Waals surface area (Å²) in [5, 5.41) is 15.6. The number of hydrogen-bond donors (Lipinski definition) is 1. The number of carbonyl (C=O) groups is 1. The molecule has 144 valence electrons. The van der Waals surface area contributed by atoms with Crippen LogP contribution < -0.4 is 10.2 Å². The van der Waals surface area contributed by atoms with Crippen LogP contribution in [-0.4, -0.2) is 44.0 Å². The summed E-state index contributed by atoms with van der Waals surface area (Å²) in [7, 11) is 0. The van der Waals surface area contributed by atoms with Crippen LogP contribution in [0.1, 0.15) is 18.4 Å². The lowest BCUT2D eigenvalue weighted by atomic mass is 9.97. The Labute approximate surface area is 171 Å². The Bertz CT molecular complexity index is 959. The van der Waals surface area contributed by atoms with Gasteiger partial charge in [0, 0.05) is 23.2 Å². The van der Waals surface area contributed by atoms with E-state index in [1.807, 2.05) is 37.3 Å². The van der Waals surface area contributed by atoms with E-state index in [0.29, 0.717) is 12.4 Å². The molecule has 1 atom stereocenters. The summed E-state index contributed by atoms with van der Waals surface area (Å²) in [5.74, 6) is 1.33. The average molecular weight is 442 g/mol. The second kappa shape index (κ2) is 8.05. The van der Waals surface area contributed by atoms with Gasteiger partial charge in [0.25, 0.3) is 0 Å². The van der Waals surface area contributed by atoms with Crippen molar-refractivity contribution >= 4 is 33.3 Å². The third-order valence-corrected chi connectivity index (χ3v) is 5.72. The van der Waals surface area contributed by atoms with Gasteiger partial charge in [-0.2, -0.15) is 5.10 Å². The van der Waals surface area contributed by atoms with E-state index in [9.17, 15) is 4.79 Å². The van der Waals surface area contributed by atoms with Crippen LogP contribution in [-0.2, 0) is 4.79 Å². The standard InChI is InChI=1S/C19H20BrN7O/c1-13-9-15(4-5-16(13)20)23-19(28)14-3-2-8-26(10-14)17-6-7-18(25-24-17)27-12-21-11-22-27/h4-7,9,11-12,14H,2-3,8,10H2,1H3,(H,23,28). The van der Waals surface area contributed by atoms with Gasteiger partial charge in [-0.3, -0.25) is 4.79 Å². The lowest BCUT2D eigenvalue weighted by Gasteiger charge is -2.32. The van der Waals surface area contributed by atoms with Gasteiger partial charge in [0.2, 0.25) is 5.91 Å². The van der Waals surface area contributed by atoms with Gasteiger partial charge in [-0.15, -0.1) is 10.2 Å². The van der Waals surface area contributed by atoms with Crippen molar-refractivity contribution in [2.45, 2.75) is 19.8 Å². The molecule has 1 aliphatic heterocycles. The van der Waals surface area contributed by atoms with Gasteiger partial charge >= 0.3 is 0 Å². The summed E-state index contributed by atoms with van der Waals surface area (Å²) in [4.78, 5) is 18.8. The summed E-state index contributed by atoms with van der Waals surface area (Å²) < 4.78 is 2.59. The summed E-state index contributed by atoms with van der Waals surface area (Å²) in [6, 6.07) is 9.58. The Morgan fingerprint density at radius 3 is 2.75 bits per heavy atom. The van der Waals surface area contributed by atoms with Crippen molar-refractivity contribution in [3.05, 3.63) is 53.0 Å². The molecule has 8 nitrogen and oxygen atoms in total. The highest BCUT2D eigenvalue weighted by Crippen LogP contribution is 2.24. The lowest BCUT2D eigenvalue weighted by molar-refractivity contribution is -0.120. The molecule has 3 aromatic rings. The number of aromatic nitrogens is 5. The first kappa shape index (κ1) is 18.5. The molecule has 1 N–H and O–H groups in total. The second-order valence-electron chi connectivity index (χ2n) is 6.83. The van der Waals surface area contributed by atoms with Crippen molar-refractivity contribution in [3.63, 3.8) is 0 Å². The van der Waals surface area contributed by atoms with Crippen LogP contribution in [0, 0.1) is 12.8 Å². The Balaban J connectivity index is 1.42. The summed E-state index contributed by atoms with van der Waals surface area (Å²) in [6.07, 6.45) is 4.83. The fraction of sp³-hybridized carbons (Fsp3) is 0.316. The van der Waals surface area contributed by atoms with Crippen molar-refractivity contribution in [2.75, 3.05) is 23.3 Å². The van der Waals surface area contributed by atoms with Gasteiger partial charge in [-0.1, -0.05) is 15.9 Å². The van der Waals surface area contributed by atoms with Crippen molar-refractivity contribution in [1.82, 2.24) is 25.0 Å². The van der Waals surface area contributed by atoms with Crippen LogP contribution in [0.5, 0.6) is 0 Å². The Morgan fingerprint density at radius 2 is 2.04 bits per heavy atom. The Hall–Kier alpha value is -2.81. The maximum absolute atomic E-state index is 12.7. The molecular weight excluding hydrogens is 422 g/mol. The molecule has 1 amide bonds. The highest BCUT2D eigenvalue weighted by molar-refractivity contribution is 9.10. The number of anilines is 2. The van der Waals surface area contributed by atoms with Crippen LogP contribution in [0.4, 0.5) is 11.5 Å². The van der Waals surface area contributed by atoms with E-state index in [2.05, 4.69) is 46.4 Å². The second-order valence-corrected chi connectivity index (χ2v) is 7.68.